The topological polar surface area (TPSA) is 40.7 Å². The number of rotatable bonds is 3. The first-order valence-corrected chi connectivity index (χ1v) is 7.60. The van der Waals surface area contributed by atoms with Crippen molar-refractivity contribution in [1.82, 2.24) is 9.97 Å². The molecule has 2 N–H and O–H groups in total. The third-order valence-corrected chi connectivity index (χ3v) is 4.97. The number of nitrogens with one attached hydrogen (secondary N) is 2. The van der Waals surface area contributed by atoms with Crippen molar-refractivity contribution in [2.45, 2.75) is 32.7 Å². The van der Waals surface area contributed by atoms with Crippen LogP contribution in [0.3, 0.4) is 0 Å². The lowest BCUT2D eigenvalue weighted by molar-refractivity contribution is 0.400. The van der Waals surface area contributed by atoms with E-state index in [1.807, 2.05) is 6.92 Å². The van der Waals surface area contributed by atoms with Crippen molar-refractivity contribution in [1.29, 1.82) is 0 Å². The van der Waals surface area contributed by atoms with Crippen LogP contribution >= 0.6 is 0 Å². The minimum Gasteiger partial charge on any atom is -0.382 e. The van der Waals surface area contributed by atoms with Gasteiger partial charge in [-0.2, -0.15) is 0 Å². The molecule has 1 heterocycles. The third kappa shape index (κ3) is 1.92. The zero-order valence-electron chi connectivity index (χ0n) is 12.1. The van der Waals surface area contributed by atoms with E-state index in [2.05, 4.69) is 52.6 Å². The minimum absolute atomic E-state index is 0.524. The molecule has 2 aromatic rings. The molecule has 20 heavy (non-hydrogen) atoms. The lowest BCUT2D eigenvalue weighted by Crippen LogP contribution is -2.28. The molecule has 0 amide bonds. The van der Waals surface area contributed by atoms with Gasteiger partial charge in [-0.1, -0.05) is 12.2 Å². The number of aromatic amines is 1. The maximum Gasteiger partial charge on any atom is 0.104 e. The summed E-state index contributed by atoms with van der Waals surface area (Å²) in [6.07, 6.45) is 7.56. The minimum atomic E-state index is 0.524. The molecule has 1 saturated carbocycles. The van der Waals surface area contributed by atoms with Crippen LogP contribution in [-0.2, 0) is 0 Å². The highest BCUT2D eigenvalue weighted by molar-refractivity contribution is 5.79. The lowest BCUT2D eigenvalue weighted by Gasteiger charge is -2.27. The van der Waals surface area contributed by atoms with Gasteiger partial charge < -0.3 is 10.3 Å². The monoisotopic (exact) mass is 267 g/mol. The van der Waals surface area contributed by atoms with E-state index in [1.54, 1.807) is 0 Å². The number of H-pyrrole nitrogens is 1. The second-order valence-corrected chi connectivity index (χ2v) is 6.43. The molecule has 4 unspecified atom stereocenters. The maximum absolute atomic E-state index is 4.45. The Hall–Kier alpha value is -1.77. The van der Waals surface area contributed by atoms with E-state index in [-0.39, 0.29) is 0 Å². The zero-order chi connectivity index (χ0) is 13.7. The molecule has 2 aliphatic rings. The van der Waals surface area contributed by atoms with Crippen molar-refractivity contribution in [3.05, 3.63) is 36.2 Å². The number of benzene rings is 1. The molecule has 1 fully saturated rings. The maximum atomic E-state index is 4.45. The lowest BCUT2D eigenvalue weighted by atomic mass is 9.87. The van der Waals surface area contributed by atoms with E-state index >= 15 is 0 Å². The quantitative estimate of drug-likeness (QED) is 0.828. The average molecular weight is 267 g/mol. The SMILES string of the molecule is Cc1nc2ccc(NC(C)C3CC4C=CC3C4)cc2[nH]1. The van der Waals surface area contributed by atoms with E-state index in [0.717, 1.165) is 34.6 Å². The third-order valence-electron chi connectivity index (χ3n) is 4.97. The van der Waals surface area contributed by atoms with Crippen LogP contribution in [-0.4, -0.2) is 16.0 Å². The predicted octanol–water partition coefficient (Wildman–Crippen LogP) is 3.88. The smallest absolute Gasteiger partial charge is 0.104 e. The highest BCUT2D eigenvalue weighted by Gasteiger charge is 2.38. The largest absolute Gasteiger partial charge is 0.382 e. The Labute approximate surface area is 119 Å². The van der Waals surface area contributed by atoms with Gasteiger partial charge in [-0.25, -0.2) is 4.98 Å². The summed E-state index contributed by atoms with van der Waals surface area (Å²) in [5.41, 5.74) is 3.36. The molecule has 0 saturated heterocycles. The fourth-order valence-electron chi connectivity index (χ4n) is 4.00. The van der Waals surface area contributed by atoms with Gasteiger partial charge in [0.2, 0.25) is 0 Å². The van der Waals surface area contributed by atoms with Crippen molar-refractivity contribution in [2.24, 2.45) is 17.8 Å². The number of nitrogens with zero attached hydrogens (tertiary/aromatic N) is 1. The van der Waals surface area contributed by atoms with Crippen LogP contribution in [0.4, 0.5) is 5.69 Å². The van der Waals surface area contributed by atoms with Gasteiger partial charge in [-0.3, -0.25) is 0 Å². The fraction of sp³-hybridized carbons (Fsp3) is 0.471. The molecule has 3 nitrogen and oxygen atoms in total. The Balaban J connectivity index is 1.53. The van der Waals surface area contributed by atoms with Gasteiger partial charge in [0.15, 0.2) is 0 Å². The summed E-state index contributed by atoms with van der Waals surface area (Å²) in [6.45, 7) is 4.32. The average Bonchev–Trinajstić information content (AvgIpc) is 3.11. The van der Waals surface area contributed by atoms with Crippen molar-refractivity contribution in [2.75, 3.05) is 5.32 Å². The molecule has 1 aromatic heterocycles. The molecule has 2 aliphatic carbocycles. The van der Waals surface area contributed by atoms with E-state index in [0.29, 0.717) is 6.04 Å². The number of fused-ring (bicyclic) bond motifs is 3. The number of anilines is 1. The molecule has 0 radical (unpaired) electrons. The highest BCUT2D eigenvalue weighted by atomic mass is 14.9. The number of aryl methyl sites for hydroxylation is 1. The van der Waals surface area contributed by atoms with Crippen molar-refractivity contribution in [3.8, 4) is 0 Å². The molecule has 104 valence electrons. The van der Waals surface area contributed by atoms with Gasteiger partial charge >= 0.3 is 0 Å². The Morgan fingerprint density at radius 2 is 2.20 bits per heavy atom. The van der Waals surface area contributed by atoms with E-state index in [1.165, 1.54) is 18.5 Å². The second kappa shape index (κ2) is 4.37. The fourth-order valence-corrected chi connectivity index (χ4v) is 4.00. The molecule has 2 bridgehead atoms. The van der Waals surface area contributed by atoms with Gasteiger partial charge in [0.1, 0.15) is 5.82 Å². The molecule has 0 spiro atoms. The van der Waals surface area contributed by atoms with Crippen LogP contribution in [0.15, 0.2) is 30.4 Å². The number of aromatic nitrogens is 2. The van der Waals surface area contributed by atoms with Gasteiger partial charge in [-0.05, 0) is 62.6 Å². The van der Waals surface area contributed by atoms with Crippen LogP contribution < -0.4 is 5.32 Å². The van der Waals surface area contributed by atoms with Gasteiger partial charge in [0, 0.05) is 11.7 Å². The number of hydrogen-bond acceptors (Lipinski definition) is 2. The molecule has 4 rings (SSSR count). The Morgan fingerprint density at radius 1 is 1.30 bits per heavy atom. The standard InChI is InChI=1S/C17H21N3/c1-10(15-8-12-3-4-13(15)7-12)18-14-5-6-16-17(9-14)20-11(2)19-16/h3-6,9-10,12-13,15,18H,7-8H2,1-2H3,(H,19,20). The first kappa shape index (κ1) is 12.0. The summed E-state index contributed by atoms with van der Waals surface area (Å²) >= 11 is 0. The normalized spacial score (nSPS) is 29.2. The summed E-state index contributed by atoms with van der Waals surface area (Å²) < 4.78 is 0. The zero-order valence-corrected chi connectivity index (χ0v) is 12.1. The van der Waals surface area contributed by atoms with Crippen LogP contribution in [0.2, 0.25) is 0 Å². The van der Waals surface area contributed by atoms with E-state index in [9.17, 15) is 0 Å². The van der Waals surface area contributed by atoms with Gasteiger partial charge in [0.25, 0.3) is 0 Å². The number of imidazole rings is 1. The van der Waals surface area contributed by atoms with E-state index < -0.39 is 0 Å². The van der Waals surface area contributed by atoms with Gasteiger partial charge in [-0.15, -0.1) is 0 Å². The molecular formula is C17H21N3. The molecule has 4 atom stereocenters. The van der Waals surface area contributed by atoms with Crippen LogP contribution in [0.1, 0.15) is 25.6 Å². The van der Waals surface area contributed by atoms with Crippen LogP contribution in [0.5, 0.6) is 0 Å². The highest BCUT2D eigenvalue weighted by Crippen LogP contribution is 2.45. The summed E-state index contributed by atoms with van der Waals surface area (Å²) in [7, 11) is 0. The van der Waals surface area contributed by atoms with E-state index in [4.69, 9.17) is 0 Å². The molecule has 3 heteroatoms. The first-order valence-electron chi connectivity index (χ1n) is 7.60. The van der Waals surface area contributed by atoms with Crippen molar-refractivity contribution >= 4 is 16.7 Å². The summed E-state index contributed by atoms with van der Waals surface area (Å²) in [6, 6.07) is 6.93. The van der Waals surface area contributed by atoms with Crippen molar-refractivity contribution in [3.63, 3.8) is 0 Å². The van der Waals surface area contributed by atoms with Crippen LogP contribution in [0.25, 0.3) is 11.0 Å². The molecule has 1 aromatic carbocycles. The molecule has 0 aliphatic heterocycles. The Bertz CT molecular complexity index is 670. The summed E-state index contributed by atoms with van der Waals surface area (Å²) in [5.74, 6) is 3.39. The van der Waals surface area contributed by atoms with Crippen molar-refractivity contribution < 1.29 is 0 Å². The summed E-state index contributed by atoms with van der Waals surface area (Å²) in [5, 5.41) is 3.69. The second-order valence-electron chi connectivity index (χ2n) is 6.43. The molecular weight excluding hydrogens is 246 g/mol. The summed E-state index contributed by atoms with van der Waals surface area (Å²) in [4.78, 5) is 7.76. The Kier molecular flexibility index (Phi) is 2.62. The Morgan fingerprint density at radius 3 is 2.95 bits per heavy atom. The predicted molar refractivity (Wildman–Crippen MR) is 82.8 cm³/mol. The number of hydrogen-bond donors (Lipinski definition) is 2. The first-order chi connectivity index (χ1) is 9.69. The number of allylic oxidation sites excluding steroid dienone is 2. The van der Waals surface area contributed by atoms with Crippen LogP contribution in [0, 0.1) is 24.7 Å². The van der Waals surface area contributed by atoms with Gasteiger partial charge in [0.05, 0.1) is 11.0 Å².